The van der Waals surface area contributed by atoms with Gasteiger partial charge < -0.3 is 0 Å². The molecular weight excluding hydrogens is 238 g/mol. The van der Waals surface area contributed by atoms with Crippen molar-refractivity contribution in [3.63, 3.8) is 0 Å². The first-order chi connectivity index (χ1) is 7.78. The van der Waals surface area contributed by atoms with Crippen molar-refractivity contribution in [3.05, 3.63) is 11.1 Å². The average Bonchev–Trinajstić information content (AvgIpc) is 3.00. The Hall–Kier alpha value is -0.570. The van der Waals surface area contributed by atoms with Crippen LogP contribution in [0.2, 0.25) is 0 Å². The Balaban J connectivity index is 1.67. The number of hydrogen-bond acceptors (Lipinski definition) is 5. The van der Waals surface area contributed by atoms with Crippen molar-refractivity contribution in [1.82, 2.24) is 10.3 Å². The van der Waals surface area contributed by atoms with E-state index in [0.29, 0.717) is 6.04 Å². The molecular formula is C11H15N3S2. The lowest BCUT2D eigenvalue weighted by Crippen LogP contribution is -2.29. The summed E-state index contributed by atoms with van der Waals surface area (Å²) in [5, 5.41) is 14.4. The maximum Gasteiger partial charge on any atom is 0.150 e. The molecule has 2 rings (SSSR count). The van der Waals surface area contributed by atoms with Gasteiger partial charge in [0.2, 0.25) is 0 Å². The van der Waals surface area contributed by atoms with E-state index in [1.807, 2.05) is 6.92 Å². The number of aryl methyl sites for hydroxylation is 1. The van der Waals surface area contributed by atoms with E-state index in [9.17, 15) is 0 Å². The molecule has 1 saturated carbocycles. The van der Waals surface area contributed by atoms with E-state index in [0.717, 1.165) is 22.2 Å². The lowest BCUT2D eigenvalue weighted by Gasteiger charge is -2.08. The first-order valence-electron chi connectivity index (χ1n) is 5.48. The molecule has 16 heavy (non-hydrogen) atoms. The van der Waals surface area contributed by atoms with Crippen LogP contribution in [-0.2, 0) is 0 Å². The van der Waals surface area contributed by atoms with Gasteiger partial charge in [-0.2, -0.15) is 5.26 Å². The maximum atomic E-state index is 8.97. The van der Waals surface area contributed by atoms with Crippen LogP contribution in [0, 0.1) is 18.3 Å². The number of aromatic nitrogens is 1. The van der Waals surface area contributed by atoms with Gasteiger partial charge in [-0.1, -0.05) is 11.8 Å². The minimum atomic E-state index is 0.0149. The summed E-state index contributed by atoms with van der Waals surface area (Å²) in [5.41, 5.74) is 1.08. The summed E-state index contributed by atoms with van der Waals surface area (Å²) in [6, 6.07) is 2.95. The van der Waals surface area contributed by atoms with Crippen molar-refractivity contribution < 1.29 is 0 Å². The molecule has 0 amide bonds. The van der Waals surface area contributed by atoms with Crippen molar-refractivity contribution >= 4 is 23.1 Å². The van der Waals surface area contributed by atoms with Gasteiger partial charge in [0.25, 0.3) is 0 Å². The van der Waals surface area contributed by atoms with Crippen LogP contribution in [0.5, 0.6) is 0 Å². The van der Waals surface area contributed by atoms with E-state index in [1.54, 1.807) is 23.1 Å². The van der Waals surface area contributed by atoms with Crippen LogP contribution in [0.3, 0.4) is 0 Å². The molecule has 0 radical (unpaired) electrons. The Morgan fingerprint density at radius 3 is 3.12 bits per heavy atom. The Morgan fingerprint density at radius 1 is 1.75 bits per heavy atom. The molecule has 1 aliphatic carbocycles. The molecule has 1 aromatic heterocycles. The first-order valence-corrected chi connectivity index (χ1v) is 7.35. The quantitative estimate of drug-likeness (QED) is 0.792. The minimum Gasteiger partial charge on any atom is -0.299 e. The Bertz CT molecular complexity index is 379. The fourth-order valence-corrected chi connectivity index (χ4v) is 3.31. The highest BCUT2D eigenvalue weighted by Gasteiger charge is 2.24. The molecule has 0 spiro atoms. The SMILES string of the molecule is Cc1csc(SCCC(C#N)NC2CC2)n1. The van der Waals surface area contributed by atoms with Gasteiger partial charge in [0.1, 0.15) is 4.34 Å². The zero-order valence-corrected chi connectivity index (χ0v) is 10.9. The fourth-order valence-electron chi connectivity index (χ4n) is 1.38. The number of rotatable bonds is 6. The van der Waals surface area contributed by atoms with Crippen LogP contribution in [-0.4, -0.2) is 22.8 Å². The summed E-state index contributed by atoms with van der Waals surface area (Å²) in [6.45, 7) is 2.01. The summed E-state index contributed by atoms with van der Waals surface area (Å²) in [5.74, 6) is 0.963. The van der Waals surface area contributed by atoms with E-state index in [4.69, 9.17) is 5.26 Å². The summed E-state index contributed by atoms with van der Waals surface area (Å²) in [7, 11) is 0. The third-order valence-corrected chi connectivity index (χ3v) is 4.57. The molecule has 3 nitrogen and oxygen atoms in total. The van der Waals surface area contributed by atoms with Crippen LogP contribution >= 0.6 is 23.1 Å². The topological polar surface area (TPSA) is 48.7 Å². The lowest BCUT2D eigenvalue weighted by molar-refractivity contribution is 0.587. The lowest BCUT2D eigenvalue weighted by atomic mass is 10.2. The molecule has 1 aromatic rings. The maximum absolute atomic E-state index is 8.97. The molecule has 86 valence electrons. The van der Waals surface area contributed by atoms with Crippen LogP contribution in [0.15, 0.2) is 9.72 Å². The molecule has 5 heteroatoms. The molecule has 0 aromatic carbocycles. The second-order valence-corrected chi connectivity index (χ2v) is 6.21. The molecule has 0 bridgehead atoms. The number of thiazole rings is 1. The van der Waals surface area contributed by atoms with E-state index >= 15 is 0 Å². The Morgan fingerprint density at radius 2 is 2.56 bits per heavy atom. The van der Waals surface area contributed by atoms with Crippen LogP contribution in [0.1, 0.15) is 25.0 Å². The summed E-state index contributed by atoms with van der Waals surface area (Å²) >= 11 is 3.43. The van der Waals surface area contributed by atoms with Gasteiger partial charge >= 0.3 is 0 Å². The number of nitrogens with one attached hydrogen (secondary N) is 1. The largest absolute Gasteiger partial charge is 0.299 e. The van der Waals surface area contributed by atoms with Gasteiger partial charge in [-0.3, -0.25) is 5.32 Å². The zero-order chi connectivity index (χ0) is 11.4. The van der Waals surface area contributed by atoms with Crippen molar-refractivity contribution in [2.75, 3.05) is 5.75 Å². The van der Waals surface area contributed by atoms with Gasteiger partial charge in [-0.25, -0.2) is 4.98 Å². The zero-order valence-electron chi connectivity index (χ0n) is 9.27. The smallest absolute Gasteiger partial charge is 0.150 e. The average molecular weight is 253 g/mol. The van der Waals surface area contributed by atoms with E-state index in [1.165, 1.54) is 12.8 Å². The normalized spacial score (nSPS) is 17.0. The summed E-state index contributed by atoms with van der Waals surface area (Å²) < 4.78 is 1.11. The molecule has 1 fully saturated rings. The predicted molar refractivity (Wildman–Crippen MR) is 67.8 cm³/mol. The highest BCUT2D eigenvalue weighted by atomic mass is 32.2. The fraction of sp³-hybridized carbons (Fsp3) is 0.636. The highest BCUT2D eigenvalue weighted by molar-refractivity contribution is 8.01. The van der Waals surface area contributed by atoms with Gasteiger partial charge in [-0.05, 0) is 26.2 Å². The molecule has 1 heterocycles. The van der Waals surface area contributed by atoms with Gasteiger partial charge in [0.05, 0.1) is 12.1 Å². The number of thioether (sulfide) groups is 1. The Kier molecular flexibility index (Phi) is 4.22. The van der Waals surface area contributed by atoms with Crippen LogP contribution < -0.4 is 5.32 Å². The van der Waals surface area contributed by atoms with Crippen molar-refractivity contribution in [2.24, 2.45) is 0 Å². The molecule has 1 N–H and O–H groups in total. The predicted octanol–water partition coefficient (Wildman–Crippen LogP) is 2.58. The van der Waals surface area contributed by atoms with Gasteiger partial charge in [-0.15, -0.1) is 11.3 Å². The second kappa shape index (κ2) is 5.67. The third kappa shape index (κ3) is 3.78. The summed E-state index contributed by atoms with van der Waals surface area (Å²) in [6.07, 6.45) is 3.37. The monoisotopic (exact) mass is 253 g/mol. The van der Waals surface area contributed by atoms with Crippen molar-refractivity contribution in [3.8, 4) is 6.07 Å². The van der Waals surface area contributed by atoms with Gasteiger partial charge in [0.15, 0.2) is 0 Å². The van der Waals surface area contributed by atoms with E-state index in [2.05, 4.69) is 21.8 Å². The second-order valence-electron chi connectivity index (χ2n) is 4.01. The Labute approximate surface area is 104 Å². The third-order valence-electron chi connectivity index (χ3n) is 2.40. The standard InChI is InChI=1S/C11H15N3S2/c1-8-7-16-11(13-8)15-5-4-10(6-12)14-9-2-3-9/h7,9-10,14H,2-5H2,1H3. The number of nitriles is 1. The van der Waals surface area contributed by atoms with Crippen LogP contribution in [0.25, 0.3) is 0 Å². The van der Waals surface area contributed by atoms with Crippen molar-refractivity contribution in [1.29, 1.82) is 5.26 Å². The highest BCUT2D eigenvalue weighted by Crippen LogP contribution is 2.24. The van der Waals surface area contributed by atoms with Gasteiger partial charge in [0, 0.05) is 22.9 Å². The minimum absolute atomic E-state index is 0.0149. The van der Waals surface area contributed by atoms with E-state index in [-0.39, 0.29) is 6.04 Å². The number of nitrogens with zero attached hydrogens (tertiary/aromatic N) is 2. The molecule has 1 unspecified atom stereocenters. The number of hydrogen-bond donors (Lipinski definition) is 1. The van der Waals surface area contributed by atoms with Crippen molar-refractivity contribution in [2.45, 2.75) is 42.6 Å². The molecule has 1 atom stereocenters. The molecule has 0 aliphatic heterocycles. The first kappa shape index (κ1) is 11.9. The summed E-state index contributed by atoms with van der Waals surface area (Å²) in [4.78, 5) is 4.38. The molecule has 0 saturated heterocycles. The van der Waals surface area contributed by atoms with Crippen LogP contribution in [0.4, 0.5) is 0 Å². The molecule has 1 aliphatic rings. The van der Waals surface area contributed by atoms with E-state index < -0.39 is 0 Å².